The molecule has 4 heterocycles. The number of carboxylic acid groups (broad SMARTS) is 1. The van der Waals surface area contributed by atoms with Gasteiger partial charge in [-0.25, -0.2) is 9.78 Å². The van der Waals surface area contributed by atoms with E-state index in [0.717, 1.165) is 11.3 Å². The molecule has 2 amide bonds. The maximum atomic E-state index is 12.6. The van der Waals surface area contributed by atoms with E-state index >= 15 is 0 Å². The second-order valence-electron chi connectivity index (χ2n) is 6.16. The Kier molecular flexibility index (Phi) is 5.97. The third kappa shape index (κ3) is 3.90. The number of fused-ring (bicyclic) bond motifs is 1. The van der Waals surface area contributed by atoms with Crippen molar-refractivity contribution in [1.82, 2.24) is 25.4 Å². The van der Waals surface area contributed by atoms with E-state index < -0.39 is 35.3 Å². The van der Waals surface area contributed by atoms with E-state index in [1.54, 1.807) is 5.51 Å². The van der Waals surface area contributed by atoms with Gasteiger partial charge in [0, 0.05) is 16.9 Å². The summed E-state index contributed by atoms with van der Waals surface area (Å²) in [5, 5.41) is 31.0. The van der Waals surface area contributed by atoms with Gasteiger partial charge in [0.25, 0.3) is 11.8 Å². The molecule has 2 unspecified atom stereocenters. The first-order valence-corrected chi connectivity index (χ1v) is 12.1. The summed E-state index contributed by atoms with van der Waals surface area (Å²) in [6.07, 6.45) is -1.57. The summed E-state index contributed by atoms with van der Waals surface area (Å²) in [4.78, 5) is 41.9. The number of hydrogen-bond donors (Lipinski definition) is 4. The molecule has 1 fully saturated rings. The summed E-state index contributed by atoms with van der Waals surface area (Å²) >= 11 is 5.13. The van der Waals surface area contributed by atoms with Crippen LogP contribution in [0.5, 0.6) is 0 Å². The maximum absolute atomic E-state index is 12.6. The molecule has 15 heteroatoms. The molecule has 4 rings (SSSR count). The zero-order chi connectivity index (χ0) is 21.4. The van der Waals surface area contributed by atoms with E-state index in [2.05, 4.69) is 20.5 Å². The number of amides is 2. The van der Waals surface area contributed by atoms with Gasteiger partial charge in [0.2, 0.25) is 0 Å². The van der Waals surface area contributed by atoms with Crippen molar-refractivity contribution in [1.29, 1.82) is 0 Å². The normalized spacial score (nSPS) is 21.8. The largest absolute Gasteiger partial charge is 0.477 e. The van der Waals surface area contributed by atoms with Gasteiger partial charge in [0.05, 0.1) is 5.69 Å². The Morgan fingerprint density at radius 2 is 2.23 bits per heavy atom. The number of carbonyl (C=O) groups is 3. The van der Waals surface area contributed by atoms with E-state index in [1.807, 2.05) is 0 Å². The number of carboxylic acids is 1. The number of anilines is 1. The Bertz CT molecular complexity index is 1020. The third-order valence-corrected chi connectivity index (χ3v) is 8.30. The molecule has 158 valence electrons. The Hall–Kier alpha value is -2.20. The van der Waals surface area contributed by atoms with Crippen LogP contribution in [0.1, 0.15) is 11.8 Å². The number of β-lactam (4-membered cyclic amide) rings is 1. The molecule has 11 nitrogen and oxygen atoms in total. The highest BCUT2D eigenvalue weighted by Crippen LogP contribution is 2.41. The number of nitrogens with two attached hydrogens (primary N) is 1. The van der Waals surface area contributed by atoms with Crippen molar-refractivity contribution in [3.63, 3.8) is 0 Å². The van der Waals surface area contributed by atoms with Crippen LogP contribution >= 0.6 is 46.2 Å². The third-order valence-electron chi connectivity index (χ3n) is 4.33. The second-order valence-corrected chi connectivity index (χ2v) is 10.2. The van der Waals surface area contributed by atoms with E-state index in [-0.39, 0.29) is 16.5 Å². The van der Waals surface area contributed by atoms with Gasteiger partial charge in [0.15, 0.2) is 15.6 Å². The van der Waals surface area contributed by atoms with E-state index in [1.165, 1.54) is 45.1 Å². The summed E-state index contributed by atoms with van der Waals surface area (Å²) < 4.78 is 0.705. The van der Waals surface area contributed by atoms with Crippen LogP contribution in [-0.2, 0) is 14.4 Å². The molecule has 0 spiro atoms. The number of thiazole rings is 1. The molecule has 0 aromatic carbocycles. The van der Waals surface area contributed by atoms with Crippen LogP contribution in [0.25, 0.3) is 0 Å². The quantitative estimate of drug-likeness (QED) is 0.310. The molecule has 5 N–H and O–H groups in total. The first-order valence-electron chi connectivity index (χ1n) is 8.35. The summed E-state index contributed by atoms with van der Waals surface area (Å²) in [5.74, 6) is -1.79. The number of aromatic nitrogens is 3. The lowest BCUT2D eigenvalue weighted by Gasteiger charge is -2.49. The predicted molar refractivity (Wildman–Crippen MR) is 112 cm³/mol. The number of nitrogens with zero attached hydrogens (tertiary/aromatic N) is 4. The van der Waals surface area contributed by atoms with Crippen molar-refractivity contribution in [3.05, 3.63) is 27.9 Å². The Morgan fingerprint density at radius 1 is 1.43 bits per heavy atom. The van der Waals surface area contributed by atoms with E-state index in [4.69, 9.17) is 5.73 Å². The molecule has 2 aliphatic rings. The average Bonchev–Trinajstić information content (AvgIpc) is 3.40. The van der Waals surface area contributed by atoms with Gasteiger partial charge in [-0.3, -0.25) is 14.5 Å². The zero-order valence-electron chi connectivity index (χ0n) is 14.9. The minimum Gasteiger partial charge on any atom is -0.477 e. The highest BCUT2D eigenvalue weighted by atomic mass is 32.2. The molecule has 0 radical (unpaired) electrons. The van der Waals surface area contributed by atoms with Crippen LogP contribution in [0.4, 0.5) is 5.13 Å². The number of thioether (sulfide) groups is 2. The summed E-state index contributed by atoms with van der Waals surface area (Å²) in [6, 6.07) is -0.931. The SMILES string of the molecule is Nc1nc(C(O)C(=O)NC2C(=O)N3C(C(=O)O)=C(CSc4nncs4)CS[C@H]23)cs1. The van der Waals surface area contributed by atoms with Gasteiger partial charge >= 0.3 is 5.97 Å². The van der Waals surface area contributed by atoms with Crippen molar-refractivity contribution in [2.45, 2.75) is 21.9 Å². The number of aliphatic hydroxyl groups is 1. The van der Waals surface area contributed by atoms with Crippen LogP contribution in [0.3, 0.4) is 0 Å². The lowest BCUT2D eigenvalue weighted by Crippen LogP contribution is -2.70. The highest BCUT2D eigenvalue weighted by molar-refractivity contribution is 8.01. The number of nitrogens with one attached hydrogen (secondary N) is 1. The molecular formula is C15H14N6O5S4. The van der Waals surface area contributed by atoms with Crippen molar-refractivity contribution in [3.8, 4) is 0 Å². The summed E-state index contributed by atoms with van der Waals surface area (Å²) in [5.41, 5.74) is 7.71. The fourth-order valence-corrected chi connectivity index (χ4v) is 6.52. The molecular weight excluding hydrogens is 472 g/mol. The lowest BCUT2D eigenvalue weighted by atomic mass is 10.0. The lowest BCUT2D eigenvalue weighted by molar-refractivity contribution is -0.151. The van der Waals surface area contributed by atoms with Crippen LogP contribution in [0, 0.1) is 0 Å². The molecule has 3 atom stereocenters. The van der Waals surface area contributed by atoms with Crippen molar-refractivity contribution >= 4 is 69.1 Å². The van der Waals surface area contributed by atoms with Crippen molar-refractivity contribution in [2.75, 3.05) is 17.2 Å². The minimum absolute atomic E-state index is 0.0703. The number of rotatable bonds is 7. The van der Waals surface area contributed by atoms with Crippen LogP contribution in [-0.4, -0.2) is 71.0 Å². The summed E-state index contributed by atoms with van der Waals surface area (Å²) in [7, 11) is 0. The van der Waals surface area contributed by atoms with Gasteiger partial charge in [-0.1, -0.05) is 23.1 Å². The number of aliphatic hydroxyl groups excluding tert-OH is 1. The number of hydrogen-bond acceptors (Lipinski definition) is 12. The monoisotopic (exact) mass is 486 g/mol. The molecule has 0 aliphatic carbocycles. The maximum Gasteiger partial charge on any atom is 0.352 e. The smallest absolute Gasteiger partial charge is 0.352 e. The Morgan fingerprint density at radius 3 is 2.87 bits per heavy atom. The number of carbonyl (C=O) groups excluding carboxylic acids is 2. The molecule has 0 bridgehead atoms. The molecule has 1 saturated heterocycles. The first kappa shape index (κ1) is 21.0. The molecule has 2 aromatic heterocycles. The molecule has 2 aliphatic heterocycles. The van der Waals surface area contributed by atoms with Gasteiger partial charge in [-0.15, -0.1) is 33.3 Å². The minimum atomic E-state index is -1.57. The number of nitrogen functional groups attached to an aromatic ring is 1. The van der Waals surface area contributed by atoms with Gasteiger partial charge < -0.3 is 21.3 Å². The van der Waals surface area contributed by atoms with Crippen molar-refractivity contribution in [2.24, 2.45) is 0 Å². The average molecular weight is 487 g/mol. The first-order chi connectivity index (χ1) is 14.4. The van der Waals surface area contributed by atoms with Crippen LogP contribution in [0.15, 0.2) is 26.5 Å². The second kappa shape index (κ2) is 8.50. The zero-order valence-corrected chi connectivity index (χ0v) is 18.2. The summed E-state index contributed by atoms with van der Waals surface area (Å²) in [6.45, 7) is 0. The van der Waals surface area contributed by atoms with E-state index in [9.17, 15) is 24.6 Å². The van der Waals surface area contributed by atoms with Crippen molar-refractivity contribution < 1.29 is 24.6 Å². The van der Waals surface area contributed by atoms with Gasteiger partial charge in [0.1, 0.15) is 22.6 Å². The predicted octanol–water partition coefficient (Wildman–Crippen LogP) is 0.141. The Balaban J connectivity index is 1.45. The Labute approximate surface area is 185 Å². The standard InChI is InChI=1S/C15H14N6O5S4/c16-14-18-6(3-28-14)9(22)10(23)19-7-11(24)21-8(13(25)26)5(1-27-12(7)21)2-29-15-20-17-4-30-15/h3-4,7,9,12,22H,1-2H2,(H2,16,18)(H,19,23)(H,25,26)/t7?,9?,12-/m1/s1. The molecule has 0 saturated carbocycles. The van der Waals surface area contributed by atoms with E-state index in [0.29, 0.717) is 21.4 Å². The van der Waals surface area contributed by atoms with Gasteiger partial charge in [-0.05, 0) is 5.57 Å². The topological polar surface area (TPSA) is 172 Å². The van der Waals surface area contributed by atoms with Gasteiger partial charge in [-0.2, -0.15) is 0 Å². The molecule has 2 aromatic rings. The number of aliphatic carboxylic acids is 1. The van der Waals surface area contributed by atoms with Crippen LogP contribution < -0.4 is 11.1 Å². The molecule has 30 heavy (non-hydrogen) atoms. The van der Waals surface area contributed by atoms with Crippen LogP contribution in [0.2, 0.25) is 0 Å². The fraction of sp³-hybridized carbons (Fsp3) is 0.333. The fourth-order valence-electron chi connectivity index (χ4n) is 2.96. The highest BCUT2D eigenvalue weighted by Gasteiger charge is 2.54.